The Morgan fingerprint density at radius 3 is 2.43 bits per heavy atom. The lowest BCUT2D eigenvalue weighted by atomic mass is 10.0. The van der Waals surface area contributed by atoms with Gasteiger partial charge in [-0.25, -0.2) is 4.79 Å². The van der Waals surface area contributed by atoms with Crippen LogP contribution in [0.4, 0.5) is 0 Å². The Morgan fingerprint density at radius 2 is 1.91 bits per heavy atom. The van der Waals surface area contributed by atoms with E-state index in [0.717, 1.165) is 12.0 Å². The van der Waals surface area contributed by atoms with Crippen molar-refractivity contribution < 1.29 is 14.7 Å². The highest BCUT2D eigenvalue weighted by molar-refractivity contribution is 6.02. The first-order valence-electron chi connectivity index (χ1n) is 7.44. The topological polar surface area (TPSA) is 82.2 Å². The number of aromatic nitrogens is 1. The molecule has 1 amide bonds. The fraction of sp³-hybridized carbons (Fsp3) is 0.222. The van der Waals surface area contributed by atoms with Crippen molar-refractivity contribution in [1.29, 1.82) is 0 Å². The molecule has 0 aliphatic rings. The molecule has 0 aliphatic carbocycles. The number of carbonyl (C=O) groups is 2. The number of amides is 1. The van der Waals surface area contributed by atoms with E-state index in [4.69, 9.17) is 0 Å². The van der Waals surface area contributed by atoms with E-state index in [2.05, 4.69) is 24.1 Å². The predicted molar refractivity (Wildman–Crippen MR) is 88.9 cm³/mol. The predicted octanol–water partition coefficient (Wildman–Crippen LogP) is 3.07. The number of rotatable bonds is 6. The van der Waals surface area contributed by atoms with Crippen LogP contribution in [-0.4, -0.2) is 22.0 Å². The third-order valence-corrected chi connectivity index (χ3v) is 3.26. The summed E-state index contributed by atoms with van der Waals surface area (Å²) in [5.41, 5.74) is 2.01. The molecule has 0 radical (unpaired) electrons. The third kappa shape index (κ3) is 4.85. The Bertz CT molecular complexity index is 698. The van der Waals surface area contributed by atoms with E-state index in [9.17, 15) is 14.7 Å². The number of hydrogen-bond donors (Lipinski definition) is 3. The molecule has 3 N–H and O–H groups in total. The van der Waals surface area contributed by atoms with Gasteiger partial charge in [0.2, 0.25) is 0 Å². The van der Waals surface area contributed by atoms with Crippen LogP contribution in [0.1, 0.15) is 35.5 Å². The largest absolute Gasteiger partial charge is 0.477 e. The molecule has 0 saturated carbocycles. The second-order valence-corrected chi connectivity index (χ2v) is 5.74. The molecular weight excluding hydrogens is 292 g/mol. The maximum absolute atomic E-state index is 12.2. The van der Waals surface area contributed by atoms with Crippen molar-refractivity contribution in [2.45, 2.75) is 20.3 Å². The van der Waals surface area contributed by atoms with Crippen molar-refractivity contribution in [2.75, 3.05) is 0 Å². The molecule has 2 aromatic rings. The molecule has 2 rings (SSSR count). The van der Waals surface area contributed by atoms with Crippen LogP contribution >= 0.6 is 0 Å². The van der Waals surface area contributed by atoms with E-state index in [1.165, 1.54) is 6.08 Å². The molecule has 0 bridgehead atoms. The molecular formula is C18H20N2O3. The van der Waals surface area contributed by atoms with Crippen molar-refractivity contribution in [3.05, 3.63) is 65.1 Å². The smallest absolute Gasteiger partial charge is 0.352 e. The normalized spacial score (nSPS) is 11.5. The quantitative estimate of drug-likeness (QED) is 0.717. The zero-order chi connectivity index (χ0) is 16.8. The maximum atomic E-state index is 12.2. The van der Waals surface area contributed by atoms with E-state index in [0.29, 0.717) is 17.2 Å². The number of H-pyrrole nitrogens is 1. The van der Waals surface area contributed by atoms with Gasteiger partial charge < -0.3 is 15.4 Å². The number of nitrogens with one attached hydrogen (secondary N) is 2. The molecule has 5 nitrogen and oxygen atoms in total. The molecule has 0 aliphatic heterocycles. The van der Waals surface area contributed by atoms with Crippen LogP contribution in [0.25, 0.3) is 6.08 Å². The summed E-state index contributed by atoms with van der Waals surface area (Å²) >= 11 is 0. The Hall–Kier alpha value is -2.82. The first-order valence-corrected chi connectivity index (χ1v) is 7.44. The summed E-state index contributed by atoms with van der Waals surface area (Å²) in [6, 6.07) is 10.7. The van der Waals surface area contributed by atoms with E-state index in [1.54, 1.807) is 30.5 Å². The van der Waals surface area contributed by atoms with Gasteiger partial charge in [-0.1, -0.05) is 26.0 Å². The van der Waals surface area contributed by atoms with Gasteiger partial charge in [0.1, 0.15) is 5.70 Å². The standard InChI is InChI=1S/C18H20N2O3/c1-12(2)10-13-5-7-14(8-6-13)17(21)20-16(18(22)23)11-15-4-3-9-19-15/h3-9,11-12,19H,10H2,1-2H3,(H,20,21)(H,22,23)/b16-11+. The van der Waals surface area contributed by atoms with Crippen LogP contribution in [0.3, 0.4) is 0 Å². The minimum atomic E-state index is -1.19. The van der Waals surface area contributed by atoms with Crippen LogP contribution in [0.2, 0.25) is 0 Å². The Kier molecular flexibility index (Phi) is 5.36. The summed E-state index contributed by atoms with van der Waals surface area (Å²) in [7, 11) is 0. The minimum absolute atomic E-state index is 0.177. The molecule has 0 saturated heterocycles. The first kappa shape index (κ1) is 16.5. The molecule has 1 aromatic carbocycles. The number of carboxylic acid groups (broad SMARTS) is 1. The molecule has 1 aromatic heterocycles. The summed E-state index contributed by atoms with van der Waals surface area (Å²) in [6.45, 7) is 4.26. The highest BCUT2D eigenvalue weighted by Crippen LogP contribution is 2.11. The summed E-state index contributed by atoms with van der Waals surface area (Å²) in [5, 5.41) is 11.6. The fourth-order valence-electron chi connectivity index (χ4n) is 2.20. The van der Waals surface area contributed by atoms with Crippen molar-refractivity contribution >= 4 is 18.0 Å². The second-order valence-electron chi connectivity index (χ2n) is 5.74. The van der Waals surface area contributed by atoms with E-state index < -0.39 is 11.9 Å². The van der Waals surface area contributed by atoms with Gasteiger partial charge in [-0.15, -0.1) is 0 Å². The highest BCUT2D eigenvalue weighted by Gasteiger charge is 2.13. The number of carbonyl (C=O) groups excluding carboxylic acids is 1. The zero-order valence-corrected chi connectivity index (χ0v) is 13.2. The lowest BCUT2D eigenvalue weighted by molar-refractivity contribution is -0.132. The van der Waals surface area contributed by atoms with Gasteiger partial charge >= 0.3 is 5.97 Å². The van der Waals surface area contributed by atoms with E-state index in [-0.39, 0.29) is 5.70 Å². The molecule has 0 unspecified atom stereocenters. The molecule has 5 heteroatoms. The lowest BCUT2D eigenvalue weighted by Gasteiger charge is -2.08. The Morgan fingerprint density at radius 1 is 1.22 bits per heavy atom. The Balaban J connectivity index is 2.11. The van der Waals surface area contributed by atoms with Crippen molar-refractivity contribution in [3.8, 4) is 0 Å². The summed E-state index contributed by atoms with van der Waals surface area (Å²) in [5.74, 6) is -1.09. The SMILES string of the molecule is CC(C)Cc1ccc(C(=O)N/C(=C/c2ccc[nH]2)C(=O)O)cc1. The van der Waals surface area contributed by atoms with Crippen molar-refractivity contribution in [2.24, 2.45) is 5.92 Å². The van der Waals surface area contributed by atoms with Gasteiger partial charge in [0.05, 0.1) is 0 Å². The highest BCUT2D eigenvalue weighted by atomic mass is 16.4. The average Bonchev–Trinajstić information content (AvgIpc) is 2.99. The molecule has 0 atom stereocenters. The Labute approximate surface area is 135 Å². The number of aliphatic carboxylic acids is 1. The first-order chi connectivity index (χ1) is 11.0. The second kappa shape index (κ2) is 7.45. The number of aromatic amines is 1. The average molecular weight is 312 g/mol. The summed E-state index contributed by atoms with van der Waals surface area (Å²) < 4.78 is 0. The van der Waals surface area contributed by atoms with Gasteiger partial charge in [0.15, 0.2) is 0 Å². The number of carboxylic acids is 1. The van der Waals surface area contributed by atoms with E-state index >= 15 is 0 Å². The third-order valence-electron chi connectivity index (χ3n) is 3.26. The monoisotopic (exact) mass is 312 g/mol. The maximum Gasteiger partial charge on any atom is 0.352 e. The number of hydrogen-bond acceptors (Lipinski definition) is 2. The van der Waals surface area contributed by atoms with Gasteiger partial charge in [-0.2, -0.15) is 0 Å². The van der Waals surface area contributed by atoms with Gasteiger partial charge in [-0.3, -0.25) is 4.79 Å². The van der Waals surface area contributed by atoms with E-state index in [1.807, 2.05) is 12.1 Å². The minimum Gasteiger partial charge on any atom is -0.477 e. The van der Waals surface area contributed by atoms with Crippen LogP contribution in [0.5, 0.6) is 0 Å². The lowest BCUT2D eigenvalue weighted by Crippen LogP contribution is -2.27. The number of benzene rings is 1. The van der Waals surface area contributed by atoms with Crippen LogP contribution in [0.15, 0.2) is 48.3 Å². The molecule has 1 heterocycles. The molecule has 0 spiro atoms. The fourth-order valence-corrected chi connectivity index (χ4v) is 2.20. The van der Waals surface area contributed by atoms with Gasteiger partial charge in [-0.05, 0) is 48.2 Å². The van der Waals surface area contributed by atoms with Crippen LogP contribution in [-0.2, 0) is 11.2 Å². The summed E-state index contributed by atoms with van der Waals surface area (Å²) in [6.07, 6.45) is 4.00. The van der Waals surface area contributed by atoms with Crippen LogP contribution in [0, 0.1) is 5.92 Å². The molecule has 120 valence electrons. The van der Waals surface area contributed by atoms with Crippen molar-refractivity contribution in [1.82, 2.24) is 10.3 Å². The van der Waals surface area contributed by atoms with Crippen molar-refractivity contribution in [3.63, 3.8) is 0 Å². The zero-order valence-electron chi connectivity index (χ0n) is 13.2. The van der Waals surface area contributed by atoms with Crippen LogP contribution < -0.4 is 5.32 Å². The van der Waals surface area contributed by atoms with Gasteiger partial charge in [0, 0.05) is 17.5 Å². The molecule has 0 fully saturated rings. The summed E-state index contributed by atoms with van der Waals surface area (Å²) in [4.78, 5) is 26.3. The molecule has 23 heavy (non-hydrogen) atoms. The van der Waals surface area contributed by atoms with Gasteiger partial charge in [0.25, 0.3) is 5.91 Å².